The third kappa shape index (κ3) is 4.71. The summed E-state index contributed by atoms with van der Waals surface area (Å²) in [7, 11) is -3.42. The number of hydrogen-bond acceptors (Lipinski definition) is 3. The molecule has 2 unspecified atom stereocenters. The fraction of sp³-hybridized carbons (Fsp3) is 1.00. The van der Waals surface area contributed by atoms with Crippen molar-refractivity contribution in [2.24, 2.45) is 22.4 Å². The van der Waals surface area contributed by atoms with Crippen LogP contribution in [0.5, 0.6) is 0 Å². The smallest absolute Gasteiger partial charge is 0.209 e. The molecule has 2 rings (SSSR count). The normalized spacial score (nSPS) is 34.2. The molecule has 0 aromatic rings. The van der Waals surface area contributed by atoms with E-state index in [9.17, 15) is 8.42 Å². The van der Waals surface area contributed by atoms with Crippen LogP contribution in [0.3, 0.4) is 0 Å². The lowest BCUT2D eigenvalue weighted by molar-refractivity contribution is -0.0362. The van der Waals surface area contributed by atoms with Gasteiger partial charge in [0.05, 0.1) is 18.5 Å². The second-order valence-electron chi connectivity index (χ2n) is 7.36. The van der Waals surface area contributed by atoms with Crippen molar-refractivity contribution in [3.05, 3.63) is 0 Å². The molecule has 2 N–H and O–H groups in total. The maximum Gasteiger partial charge on any atom is 0.209 e. The van der Waals surface area contributed by atoms with E-state index in [4.69, 9.17) is 9.88 Å². The molecular weight excluding hydrogens is 274 g/mol. The summed E-state index contributed by atoms with van der Waals surface area (Å²) < 4.78 is 29.1. The van der Waals surface area contributed by atoms with E-state index in [1.807, 2.05) is 0 Å². The SMILES string of the molecule is CC1CC(C)CC(OCC2(CS(N)(=O)=O)CCCC2)C1. The van der Waals surface area contributed by atoms with E-state index in [2.05, 4.69) is 13.8 Å². The summed E-state index contributed by atoms with van der Waals surface area (Å²) in [6.45, 7) is 5.12. The molecule has 0 radical (unpaired) electrons. The lowest BCUT2D eigenvalue weighted by Crippen LogP contribution is -2.38. The zero-order valence-corrected chi connectivity index (χ0v) is 13.6. The maximum absolute atomic E-state index is 11.5. The largest absolute Gasteiger partial charge is 0.378 e. The number of ether oxygens (including phenoxy) is 1. The van der Waals surface area contributed by atoms with Crippen LogP contribution in [0.15, 0.2) is 0 Å². The molecule has 0 bridgehead atoms. The molecule has 118 valence electrons. The van der Waals surface area contributed by atoms with Gasteiger partial charge in [0.25, 0.3) is 0 Å². The van der Waals surface area contributed by atoms with Gasteiger partial charge in [-0.05, 0) is 43.9 Å². The Morgan fingerprint density at radius 1 is 1.10 bits per heavy atom. The fourth-order valence-corrected chi connectivity index (χ4v) is 5.41. The van der Waals surface area contributed by atoms with E-state index in [-0.39, 0.29) is 11.2 Å². The maximum atomic E-state index is 11.5. The molecule has 2 atom stereocenters. The Morgan fingerprint density at radius 3 is 2.15 bits per heavy atom. The van der Waals surface area contributed by atoms with Crippen LogP contribution >= 0.6 is 0 Å². The van der Waals surface area contributed by atoms with E-state index in [0.717, 1.165) is 38.5 Å². The third-order valence-electron chi connectivity index (χ3n) is 4.93. The van der Waals surface area contributed by atoms with Gasteiger partial charge in [0.15, 0.2) is 0 Å². The Bertz CT molecular complexity index is 405. The molecule has 4 nitrogen and oxygen atoms in total. The average molecular weight is 303 g/mol. The van der Waals surface area contributed by atoms with Crippen molar-refractivity contribution in [2.75, 3.05) is 12.4 Å². The van der Waals surface area contributed by atoms with Crippen molar-refractivity contribution < 1.29 is 13.2 Å². The van der Waals surface area contributed by atoms with Crippen molar-refractivity contribution >= 4 is 10.0 Å². The highest BCUT2D eigenvalue weighted by Gasteiger charge is 2.38. The lowest BCUT2D eigenvalue weighted by atomic mass is 9.81. The highest BCUT2D eigenvalue weighted by molar-refractivity contribution is 7.89. The summed E-state index contributed by atoms with van der Waals surface area (Å²) >= 11 is 0. The number of rotatable bonds is 5. The molecule has 2 saturated carbocycles. The molecule has 5 heteroatoms. The molecule has 2 aliphatic rings. The highest BCUT2D eigenvalue weighted by atomic mass is 32.2. The quantitative estimate of drug-likeness (QED) is 0.849. The first-order valence-electron chi connectivity index (χ1n) is 7.90. The van der Waals surface area contributed by atoms with Crippen LogP contribution in [-0.2, 0) is 14.8 Å². The predicted molar refractivity (Wildman–Crippen MR) is 80.8 cm³/mol. The summed E-state index contributed by atoms with van der Waals surface area (Å²) in [4.78, 5) is 0. The van der Waals surface area contributed by atoms with Crippen molar-refractivity contribution in [1.29, 1.82) is 0 Å². The minimum Gasteiger partial charge on any atom is -0.378 e. The first kappa shape index (κ1) is 16.2. The molecule has 0 heterocycles. The summed E-state index contributed by atoms with van der Waals surface area (Å²) in [6.07, 6.45) is 7.84. The van der Waals surface area contributed by atoms with Crippen LogP contribution in [0.1, 0.15) is 58.8 Å². The van der Waals surface area contributed by atoms with E-state index in [0.29, 0.717) is 24.5 Å². The molecule has 0 aromatic carbocycles. The van der Waals surface area contributed by atoms with Gasteiger partial charge in [-0.2, -0.15) is 0 Å². The zero-order chi connectivity index (χ0) is 14.8. The van der Waals surface area contributed by atoms with Crippen molar-refractivity contribution in [3.63, 3.8) is 0 Å². The topological polar surface area (TPSA) is 69.4 Å². The van der Waals surface area contributed by atoms with Gasteiger partial charge in [0, 0.05) is 5.41 Å². The second-order valence-corrected chi connectivity index (χ2v) is 8.98. The molecular formula is C15H29NO3S. The Hall–Kier alpha value is -0.130. The average Bonchev–Trinajstić information content (AvgIpc) is 2.72. The molecule has 20 heavy (non-hydrogen) atoms. The molecule has 0 saturated heterocycles. The molecule has 2 aliphatic carbocycles. The lowest BCUT2D eigenvalue weighted by Gasteiger charge is -2.35. The minimum atomic E-state index is -3.42. The van der Waals surface area contributed by atoms with Crippen LogP contribution < -0.4 is 5.14 Å². The van der Waals surface area contributed by atoms with Gasteiger partial charge >= 0.3 is 0 Å². The Morgan fingerprint density at radius 2 is 1.65 bits per heavy atom. The van der Waals surface area contributed by atoms with Gasteiger partial charge in [0.2, 0.25) is 10.0 Å². The van der Waals surface area contributed by atoms with Gasteiger partial charge in [-0.25, -0.2) is 13.6 Å². The standard InChI is InChI=1S/C15H29NO3S/c1-12-7-13(2)9-14(8-12)19-10-15(5-3-4-6-15)11-20(16,17)18/h12-14H,3-11H2,1-2H3,(H2,16,17,18). The van der Waals surface area contributed by atoms with E-state index < -0.39 is 10.0 Å². The van der Waals surface area contributed by atoms with Gasteiger partial charge in [-0.15, -0.1) is 0 Å². The summed E-state index contributed by atoms with van der Waals surface area (Å²) in [5, 5.41) is 5.27. The summed E-state index contributed by atoms with van der Waals surface area (Å²) in [5.41, 5.74) is -0.225. The molecule has 2 fully saturated rings. The van der Waals surface area contributed by atoms with Crippen LogP contribution in [-0.4, -0.2) is 26.9 Å². The van der Waals surface area contributed by atoms with Crippen LogP contribution in [0.25, 0.3) is 0 Å². The minimum absolute atomic E-state index is 0.0812. The monoisotopic (exact) mass is 303 g/mol. The van der Waals surface area contributed by atoms with Crippen molar-refractivity contribution in [3.8, 4) is 0 Å². The van der Waals surface area contributed by atoms with E-state index >= 15 is 0 Å². The van der Waals surface area contributed by atoms with Gasteiger partial charge in [-0.3, -0.25) is 0 Å². The van der Waals surface area contributed by atoms with Crippen LogP contribution in [0.2, 0.25) is 0 Å². The fourth-order valence-electron chi connectivity index (χ4n) is 4.19. The van der Waals surface area contributed by atoms with Gasteiger partial charge in [-0.1, -0.05) is 26.7 Å². The van der Waals surface area contributed by atoms with Crippen LogP contribution in [0.4, 0.5) is 0 Å². The van der Waals surface area contributed by atoms with E-state index in [1.165, 1.54) is 6.42 Å². The molecule has 0 amide bonds. The number of nitrogens with two attached hydrogens (primary N) is 1. The molecule has 0 spiro atoms. The number of hydrogen-bond donors (Lipinski definition) is 1. The Balaban J connectivity index is 1.92. The predicted octanol–water partition coefficient (Wildman–Crippen LogP) is 2.68. The Labute approximate surface area is 123 Å². The Kier molecular flexibility index (Phi) is 5.14. The van der Waals surface area contributed by atoms with Gasteiger partial charge in [0.1, 0.15) is 0 Å². The van der Waals surface area contributed by atoms with E-state index in [1.54, 1.807) is 0 Å². The summed E-state index contributed by atoms with van der Waals surface area (Å²) in [6, 6.07) is 0. The summed E-state index contributed by atoms with van der Waals surface area (Å²) in [5.74, 6) is 1.50. The number of primary sulfonamides is 1. The van der Waals surface area contributed by atoms with Crippen LogP contribution in [0, 0.1) is 17.3 Å². The van der Waals surface area contributed by atoms with Gasteiger partial charge < -0.3 is 4.74 Å². The first-order valence-corrected chi connectivity index (χ1v) is 9.62. The number of sulfonamides is 1. The molecule has 0 aromatic heterocycles. The molecule has 0 aliphatic heterocycles. The first-order chi connectivity index (χ1) is 9.28. The highest BCUT2D eigenvalue weighted by Crippen LogP contribution is 2.40. The zero-order valence-electron chi connectivity index (χ0n) is 12.8. The third-order valence-corrected chi connectivity index (χ3v) is 5.95. The second kappa shape index (κ2) is 6.32. The van der Waals surface area contributed by atoms with Crippen molar-refractivity contribution in [2.45, 2.75) is 64.9 Å². The van der Waals surface area contributed by atoms with Crippen molar-refractivity contribution in [1.82, 2.24) is 0 Å².